The Kier molecular flexibility index (Phi) is 2.83. The summed E-state index contributed by atoms with van der Waals surface area (Å²) in [5.74, 6) is -0.571. The highest BCUT2D eigenvalue weighted by Crippen LogP contribution is 2.23. The predicted molar refractivity (Wildman–Crippen MR) is 47.3 cm³/mol. The van der Waals surface area contributed by atoms with Crippen molar-refractivity contribution in [2.45, 2.75) is 12.8 Å². The molecule has 1 rings (SSSR count). The monoisotopic (exact) mass is 203 g/mol. The van der Waals surface area contributed by atoms with E-state index in [0.29, 0.717) is 11.1 Å². The fourth-order valence-electron chi connectivity index (χ4n) is 1.01. The first-order valence-electron chi connectivity index (χ1n) is 3.55. The summed E-state index contributed by atoms with van der Waals surface area (Å²) in [6, 6.07) is 2.29. The number of halogens is 2. The quantitative estimate of drug-likeness (QED) is 0.421. The molecule has 0 radical (unpaired) electrons. The number of benzene rings is 1. The molecule has 1 aromatic rings. The molecule has 13 heavy (non-hydrogen) atoms. The third-order valence-electron chi connectivity index (χ3n) is 1.70. The van der Waals surface area contributed by atoms with E-state index in [0.717, 1.165) is 6.07 Å². The first kappa shape index (κ1) is 9.92. The minimum Gasteiger partial charge on any atom is -0.258 e. The lowest BCUT2D eigenvalue weighted by Crippen LogP contribution is -1.96. The van der Waals surface area contributed by atoms with Crippen molar-refractivity contribution in [3.8, 4) is 0 Å². The molecular formula is C8H7ClFNO2. The topological polar surface area (TPSA) is 43.1 Å². The second-order valence-electron chi connectivity index (χ2n) is 2.62. The molecule has 0 spiro atoms. The van der Waals surface area contributed by atoms with Gasteiger partial charge in [0, 0.05) is 5.56 Å². The lowest BCUT2D eigenvalue weighted by Gasteiger charge is -2.01. The summed E-state index contributed by atoms with van der Waals surface area (Å²) in [6.07, 6.45) is 0. The van der Waals surface area contributed by atoms with E-state index in [1.54, 1.807) is 0 Å². The highest BCUT2D eigenvalue weighted by Gasteiger charge is 2.15. The number of hydrogen-bond donors (Lipinski definition) is 0. The standard InChI is InChI=1S/C8H7ClFNO2/c1-5-2-6(4-9)8(11(12)13)3-7(5)10/h2-3H,4H2,1H3. The largest absolute Gasteiger partial charge is 0.276 e. The van der Waals surface area contributed by atoms with E-state index in [9.17, 15) is 14.5 Å². The van der Waals surface area contributed by atoms with Gasteiger partial charge in [-0.25, -0.2) is 4.39 Å². The summed E-state index contributed by atoms with van der Waals surface area (Å²) in [6.45, 7) is 1.54. The lowest BCUT2D eigenvalue weighted by atomic mass is 10.1. The first-order valence-corrected chi connectivity index (χ1v) is 4.09. The van der Waals surface area contributed by atoms with Gasteiger partial charge in [0.15, 0.2) is 0 Å². The van der Waals surface area contributed by atoms with Gasteiger partial charge in [-0.3, -0.25) is 10.1 Å². The molecule has 0 aliphatic heterocycles. The maximum absolute atomic E-state index is 12.9. The molecule has 70 valence electrons. The number of nitrogens with zero attached hydrogens (tertiary/aromatic N) is 1. The maximum Gasteiger partial charge on any atom is 0.276 e. The SMILES string of the molecule is Cc1cc(CCl)c([N+](=O)[O-])cc1F. The molecule has 3 nitrogen and oxygen atoms in total. The molecule has 0 saturated carbocycles. The van der Waals surface area contributed by atoms with Crippen molar-refractivity contribution in [2.75, 3.05) is 0 Å². The van der Waals surface area contributed by atoms with Crippen molar-refractivity contribution in [1.29, 1.82) is 0 Å². The van der Waals surface area contributed by atoms with Crippen molar-refractivity contribution >= 4 is 17.3 Å². The fraction of sp³-hybridized carbons (Fsp3) is 0.250. The van der Waals surface area contributed by atoms with Crippen LogP contribution < -0.4 is 0 Å². The van der Waals surface area contributed by atoms with Gasteiger partial charge in [-0.1, -0.05) is 0 Å². The predicted octanol–water partition coefficient (Wildman–Crippen LogP) is 2.78. The normalized spacial score (nSPS) is 10.1. The van der Waals surface area contributed by atoms with E-state index in [-0.39, 0.29) is 11.6 Å². The smallest absolute Gasteiger partial charge is 0.258 e. The molecule has 0 N–H and O–H groups in total. The fourth-order valence-corrected chi connectivity index (χ4v) is 1.22. The van der Waals surface area contributed by atoms with Crippen LogP contribution in [0, 0.1) is 22.9 Å². The summed E-state index contributed by atoms with van der Waals surface area (Å²) in [5.41, 5.74) is 0.435. The van der Waals surface area contributed by atoms with E-state index in [4.69, 9.17) is 11.6 Å². The van der Waals surface area contributed by atoms with Crippen LogP contribution in [0.15, 0.2) is 12.1 Å². The molecule has 0 unspecified atom stereocenters. The van der Waals surface area contributed by atoms with Gasteiger partial charge >= 0.3 is 0 Å². The number of nitro groups is 1. The Morgan fingerprint density at radius 2 is 2.23 bits per heavy atom. The van der Waals surface area contributed by atoms with Crippen LogP contribution in [0.3, 0.4) is 0 Å². The molecule has 0 saturated heterocycles. The van der Waals surface area contributed by atoms with Crippen LogP contribution in [0.5, 0.6) is 0 Å². The van der Waals surface area contributed by atoms with Crippen LogP contribution in [0.25, 0.3) is 0 Å². The summed E-state index contributed by atoms with van der Waals surface area (Å²) >= 11 is 5.47. The summed E-state index contributed by atoms with van der Waals surface area (Å²) in [5, 5.41) is 10.4. The van der Waals surface area contributed by atoms with Gasteiger partial charge in [0.2, 0.25) is 0 Å². The van der Waals surface area contributed by atoms with Crippen LogP contribution in [0.2, 0.25) is 0 Å². The summed E-state index contributed by atoms with van der Waals surface area (Å²) in [4.78, 5) is 9.79. The van der Waals surface area contributed by atoms with Crippen LogP contribution in [0.4, 0.5) is 10.1 Å². The maximum atomic E-state index is 12.9. The van der Waals surface area contributed by atoms with Gasteiger partial charge < -0.3 is 0 Å². The molecular weight excluding hydrogens is 197 g/mol. The van der Waals surface area contributed by atoms with Gasteiger partial charge in [-0.15, -0.1) is 11.6 Å². The molecule has 0 aromatic heterocycles. The molecule has 0 aliphatic rings. The number of hydrogen-bond acceptors (Lipinski definition) is 2. The molecule has 5 heteroatoms. The Balaban J connectivity index is 3.33. The van der Waals surface area contributed by atoms with E-state index < -0.39 is 10.7 Å². The van der Waals surface area contributed by atoms with E-state index in [1.165, 1.54) is 13.0 Å². The van der Waals surface area contributed by atoms with Crippen LogP contribution in [-0.4, -0.2) is 4.92 Å². The Bertz CT molecular complexity index is 354. The number of nitro benzene ring substituents is 1. The molecule has 0 amide bonds. The van der Waals surface area contributed by atoms with Gasteiger partial charge in [-0.2, -0.15) is 0 Å². The second-order valence-corrected chi connectivity index (χ2v) is 2.89. The van der Waals surface area contributed by atoms with Crippen LogP contribution >= 0.6 is 11.6 Å². The zero-order valence-corrected chi connectivity index (χ0v) is 7.64. The molecule has 1 aromatic carbocycles. The lowest BCUT2D eigenvalue weighted by molar-refractivity contribution is -0.385. The van der Waals surface area contributed by atoms with Crippen molar-refractivity contribution < 1.29 is 9.31 Å². The highest BCUT2D eigenvalue weighted by atomic mass is 35.5. The first-order chi connectivity index (χ1) is 6.06. The zero-order valence-electron chi connectivity index (χ0n) is 6.88. The van der Waals surface area contributed by atoms with Crippen LogP contribution in [-0.2, 0) is 5.88 Å². The summed E-state index contributed by atoms with van der Waals surface area (Å²) < 4.78 is 12.9. The van der Waals surface area contributed by atoms with Crippen molar-refractivity contribution in [1.82, 2.24) is 0 Å². The Morgan fingerprint density at radius 1 is 1.62 bits per heavy atom. The Labute approximate surface area is 79.3 Å². The third kappa shape index (κ3) is 1.95. The number of alkyl halides is 1. The molecule has 0 heterocycles. The molecule has 0 fully saturated rings. The molecule has 0 atom stereocenters. The summed E-state index contributed by atoms with van der Waals surface area (Å²) in [7, 11) is 0. The minimum atomic E-state index is -0.639. The Morgan fingerprint density at radius 3 is 2.69 bits per heavy atom. The average molecular weight is 204 g/mol. The van der Waals surface area contributed by atoms with Crippen molar-refractivity contribution in [2.24, 2.45) is 0 Å². The zero-order chi connectivity index (χ0) is 10.0. The number of rotatable bonds is 2. The molecule has 0 bridgehead atoms. The van der Waals surface area contributed by atoms with Gasteiger partial charge in [0.25, 0.3) is 5.69 Å². The van der Waals surface area contributed by atoms with Gasteiger partial charge in [0.05, 0.1) is 16.9 Å². The Hall–Kier alpha value is -1.16. The van der Waals surface area contributed by atoms with Crippen molar-refractivity contribution in [3.05, 3.63) is 39.2 Å². The average Bonchev–Trinajstić information content (AvgIpc) is 2.08. The second kappa shape index (κ2) is 3.70. The van der Waals surface area contributed by atoms with Gasteiger partial charge in [-0.05, 0) is 18.6 Å². The van der Waals surface area contributed by atoms with Crippen molar-refractivity contribution in [3.63, 3.8) is 0 Å². The third-order valence-corrected chi connectivity index (χ3v) is 1.99. The minimum absolute atomic E-state index is 0.0113. The van der Waals surface area contributed by atoms with E-state index >= 15 is 0 Å². The molecule has 0 aliphatic carbocycles. The number of aryl methyl sites for hydroxylation is 1. The highest BCUT2D eigenvalue weighted by molar-refractivity contribution is 6.17. The van der Waals surface area contributed by atoms with Gasteiger partial charge in [0.1, 0.15) is 5.82 Å². The van der Waals surface area contributed by atoms with E-state index in [2.05, 4.69) is 0 Å². The van der Waals surface area contributed by atoms with E-state index in [1.807, 2.05) is 0 Å². The van der Waals surface area contributed by atoms with Crippen LogP contribution in [0.1, 0.15) is 11.1 Å².